The van der Waals surface area contributed by atoms with Gasteiger partial charge in [-0.1, -0.05) is 41.9 Å². The maximum Gasteiger partial charge on any atom is 0.248 e. The first kappa shape index (κ1) is 24.2. The molecule has 8 nitrogen and oxygen atoms in total. The van der Waals surface area contributed by atoms with Crippen LogP contribution in [-0.4, -0.2) is 33.4 Å². The monoisotopic (exact) mass is 487 g/mol. The molecule has 172 valence electrons. The molecule has 3 aromatic carbocycles. The van der Waals surface area contributed by atoms with Crippen molar-refractivity contribution >= 4 is 39.1 Å². The lowest BCUT2D eigenvalue weighted by atomic mass is 10.1. The van der Waals surface area contributed by atoms with Crippen molar-refractivity contribution in [1.29, 1.82) is 0 Å². The van der Waals surface area contributed by atoms with Crippen molar-refractivity contribution < 1.29 is 22.7 Å². The number of hydrogen-bond acceptors (Lipinski definition) is 5. The molecule has 3 aromatic rings. The van der Waals surface area contributed by atoms with Gasteiger partial charge in [0.1, 0.15) is 16.7 Å². The summed E-state index contributed by atoms with van der Waals surface area (Å²) in [5, 5.41) is 2.87. The minimum absolute atomic E-state index is 0.0906. The Morgan fingerprint density at radius 3 is 2.30 bits per heavy atom. The predicted octanol–water partition coefficient (Wildman–Crippen LogP) is 2.98. The van der Waals surface area contributed by atoms with Gasteiger partial charge in [-0.15, -0.1) is 0 Å². The number of carbonyl (C=O) groups is 2. The summed E-state index contributed by atoms with van der Waals surface area (Å²) in [4.78, 5) is 24.1. The highest BCUT2D eigenvalue weighted by atomic mass is 35.5. The summed E-state index contributed by atoms with van der Waals surface area (Å²) in [6.07, 6.45) is 0.0914. The molecule has 10 heteroatoms. The molecule has 4 N–H and O–H groups in total. The van der Waals surface area contributed by atoms with Crippen molar-refractivity contribution in [2.75, 3.05) is 12.4 Å². The zero-order valence-electron chi connectivity index (χ0n) is 17.6. The van der Waals surface area contributed by atoms with E-state index in [9.17, 15) is 18.0 Å². The van der Waals surface area contributed by atoms with Gasteiger partial charge in [0.15, 0.2) is 0 Å². The van der Waals surface area contributed by atoms with E-state index in [0.717, 1.165) is 5.56 Å². The third-order valence-electron chi connectivity index (χ3n) is 4.75. The SMILES string of the molecule is COc1ccc(Cl)cc1S(=O)(=O)NC(Cc1ccccc1)C(=O)Nc1ccc(C(N)=O)cc1. The van der Waals surface area contributed by atoms with Gasteiger partial charge in [-0.2, -0.15) is 4.72 Å². The van der Waals surface area contributed by atoms with Gasteiger partial charge in [-0.25, -0.2) is 8.42 Å². The molecule has 2 amide bonds. The third-order valence-corrected chi connectivity index (χ3v) is 6.48. The Labute approximate surface area is 196 Å². The van der Waals surface area contributed by atoms with Crippen LogP contribution in [0.3, 0.4) is 0 Å². The average molecular weight is 488 g/mol. The summed E-state index contributed by atoms with van der Waals surface area (Å²) in [7, 11) is -2.84. The molecule has 0 aliphatic rings. The van der Waals surface area contributed by atoms with Crippen LogP contribution in [0.25, 0.3) is 0 Å². The Morgan fingerprint density at radius 1 is 1.03 bits per heavy atom. The number of amides is 2. The van der Waals surface area contributed by atoms with Crippen LogP contribution in [-0.2, 0) is 21.2 Å². The molecule has 33 heavy (non-hydrogen) atoms. The van der Waals surface area contributed by atoms with Crippen molar-refractivity contribution in [3.63, 3.8) is 0 Å². The Kier molecular flexibility index (Phi) is 7.70. The molecule has 0 spiro atoms. The summed E-state index contributed by atoms with van der Waals surface area (Å²) < 4.78 is 33.9. The van der Waals surface area contributed by atoms with Gasteiger partial charge in [0.05, 0.1) is 7.11 Å². The lowest BCUT2D eigenvalue weighted by Crippen LogP contribution is -2.45. The highest BCUT2D eigenvalue weighted by molar-refractivity contribution is 7.89. The number of primary amides is 1. The number of halogens is 1. The van der Waals surface area contributed by atoms with Gasteiger partial charge < -0.3 is 15.8 Å². The van der Waals surface area contributed by atoms with E-state index in [-0.39, 0.29) is 27.7 Å². The topological polar surface area (TPSA) is 128 Å². The maximum absolute atomic E-state index is 13.2. The molecule has 0 saturated carbocycles. The Morgan fingerprint density at radius 2 is 1.70 bits per heavy atom. The Balaban J connectivity index is 1.90. The number of nitrogens with one attached hydrogen (secondary N) is 2. The molecular weight excluding hydrogens is 466 g/mol. The van der Waals surface area contributed by atoms with Crippen molar-refractivity contribution in [2.45, 2.75) is 17.4 Å². The summed E-state index contributed by atoms with van der Waals surface area (Å²) in [5.74, 6) is -1.10. The quantitative estimate of drug-likeness (QED) is 0.427. The van der Waals surface area contributed by atoms with Crippen LogP contribution in [0.4, 0.5) is 5.69 Å². The van der Waals surface area contributed by atoms with Crippen LogP contribution in [0.5, 0.6) is 5.75 Å². The standard InChI is InChI=1S/C23H22ClN3O5S/c1-32-20-12-9-17(24)14-21(20)33(30,31)27-19(13-15-5-3-2-4-6-15)23(29)26-18-10-7-16(8-11-18)22(25)28/h2-12,14,19,27H,13H2,1H3,(H2,25,28)(H,26,29). The normalized spacial score (nSPS) is 12.1. The molecule has 0 aliphatic heterocycles. The first-order valence-electron chi connectivity index (χ1n) is 9.80. The fraction of sp³-hybridized carbons (Fsp3) is 0.130. The van der Waals surface area contributed by atoms with Gasteiger partial charge in [0.25, 0.3) is 0 Å². The van der Waals surface area contributed by atoms with E-state index >= 15 is 0 Å². The number of benzene rings is 3. The highest BCUT2D eigenvalue weighted by Gasteiger charge is 2.28. The largest absolute Gasteiger partial charge is 0.495 e. The maximum atomic E-state index is 13.2. The molecule has 0 bridgehead atoms. The number of anilines is 1. The van der Waals surface area contributed by atoms with E-state index in [1.807, 2.05) is 6.07 Å². The van der Waals surface area contributed by atoms with Crippen LogP contribution in [0.2, 0.25) is 5.02 Å². The number of carbonyl (C=O) groups excluding carboxylic acids is 2. The van der Waals surface area contributed by atoms with Crippen molar-refractivity contribution in [3.05, 3.63) is 88.9 Å². The zero-order chi connectivity index (χ0) is 24.0. The minimum atomic E-state index is -4.18. The number of hydrogen-bond donors (Lipinski definition) is 3. The van der Waals surface area contributed by atoms with E-state index in [0.29, 0.717) is 5.69 Å². The predicted molar refractivity (Wildman–Crippen MR) is 126 cm³/mol. The molecule has 1 atom stereocenters. The molecule has 0 radical (unpaired) electrons. The van der Waals surface area contributed by atoms with Crippen LogP contribution in [0, 0.1) is 0 Å². The minimum Gasteiger partial charge on any atom is -0.495 e. The molecule has 1 unspecified atom stereocenters. The fourth-order valence-electron chi connectivity index (χ4n) is 3.10. The molecule has 3 rings (SSSR count). The first-order valence-corrected chi connectivity index (χ1v) is 11.7. The average Bonchev–Trinajstić information content (AvgIpc) is 2.79. The van der Waals surface area contributed by atoms with Crippen molar-refractivity contribution in [3.8, 4) is 5.75 Å². The first-order chi connectivity index (χ1) is 15.7. The molecule has 0 fully saturated rings. The van der Waals surface area contributed by atoms with E-state index in [1.54, 1.807) is 24.3 Å². The number of nitrogens with two attached hydrogens (primary N) is 1. The van der Waals surface area contributed by atoms with Crippen molar-refractivity contribution in [2.24, 2.45) is 5.73 Å². The van der Waals surface area contributed by atoms with Gasteiger partial charge in [0, 0.05) is 16.3 Å². The lowest BCUT2D eigenvalue weighted by Gasteiger charge is -2.20. The summed E-state index contributed by atoms with van der Waals surface area (Å²) in [5.41, 5.74) is 6.65. The van der Waals surface area contributed by atoms with Gasteiger partial charge in [0.2, 0.25) is 21.8 Å². The van der Waals surface area contributed by atoms with Gasteiger partial charge >= 0.3 is 0 Å². The molecule has 0 aromatic heterocycles. The third kappa shape index (κ3) is 6.32. The second-order valence-electron chi connectivity index (χ2n) is 7.09. The van der Waals surface area contributed by atoms with Crippen LogP contribution in [0.15, 0.2) is 77.7 Å². The molecule has 0 heterocycles. The van der Waals surface area contributed by atoms with Gasteiger partial charge in [-0.3, -0.25) is 9.59 Å². The second kappa shape index (κ2) is 10.5. The van der Waals surface area contributed by atoms with E-state index in [2.05, 4.69) is 10.0 Å². The number of sulfonamides is 1. The molecule has 0 aliphatic carbocycles. The van der Waals surface area contributed by atoms with Gasteiger partial charge in [-0.05, 0) is 54.4 Å². The Hall–Kier alpha value is -3.40. The molecule has 0 saturated heterocycles. The van der Waals surface area contributed by atoms with Crippen LogP contribution in [0.1, 0.15) is 15.9 Å². The summed E-state index contributed by atoms with van der Waals surface area (Å²) in [6, 6.07) is 18.0. The van der Waals surface area contributed by atoms with Crippen LogP contribution < -0.4 is 20.5 Å². The summed E-state index contributed by atoms with van der Waals surface area (Å²) in [6.45, 7) is 0. The smallest absolute Gasteiger partial charge is 0.248 e. The van der Waals surface area contributed by atoms with E-state index < -0.39 is 27.9 Å². The van der Waals surface area contributed by atoms with Crippen LogP contribution >= 0.6 is 11.6 Å². The number of rotatable bonds is 9. The molecular formula is C23H22ClN3O5S. The van der Waals surface area contributed by atoms with E-state index in [1.165, 1.54) is 49.6 Å². The number of ether oxygens (including phenoxy) is 1. The summed E-state index contributed by atoms with van der Waals surface area (Å²) >= 11 is 5.99. The lowest BCUT2D eigenvalue weighted by molar-refractivity contribution is -0.117. The Bertz CT molecular complexity index is 1250. The van der Waals surface area contributed by atoms with E-state index in [4.69, 9.17) is 22.1 Å². The second-order valence-corrected chi connectivity index (χ2v) is 9.21. The zero-order valence-corrected chi connectivity index (χ0v) is 19.2. The highest BCUT2D eigenvalue weighted by Crippen LogP contribution is 2.27. The number of methoxy groups -OCH3 is 1. The van der Waals surface area contributed by atoms with Crippen molar-refractivity contribution in [1.82, 2.24) is 4.72 Å². The fourth-order valence-corrected chi connectivity index (χ4v) is 4.72.